The third kappa shape index (κ3) is 4.31. The molecule has 4 rings (SSSR count). The van der Waals surface area contributed by atoms with Gasteiger partial charge in [-0.25, -0.2) is 0 Å². The predicted molar refractivity (Wildman–Crippen MR) is 118 cm³/mol. The number of hydrogen-bond acceptors (Lipinski definition) is 0. The molecule has 25 heavy (non-hydrogen) atoms. The smallest absolute Gasteiger partial charge is 0.0283 e. The van der Waals surface area contributed by atoms with Gasteiger partial charge in [-0.2, -0.15) is 0 Å². The zero-order valence-electron chi connectivity index (χ0n) is 14.4. The van der Waals surface area contributed by atoms with Crippen LogP contribution in [0.2, 0.25) is 0 Å². The van der Waals surface area contributed by atoms with Crippen molar-refractivity contribution < 1.29 is 0 Å². The maximum absolute atomic E-state index is 3.52. The molecule has 2 heteroatoms. The summed E-state index contributed by atoms with van der Waals surface area (Å²) in [5.41, 5.74) is 3.98. The van der Waals surface area contributed by atoms with Crippen LogP contribution in [0.4, 0.5) is 0 Å². The van der Waals surface area contributed by atoms with Gasteiger partial charge >= 0.3 is 0 Å². The average molecular weight is 456 g/mol. The van der Waals surface area contributed by atoms with E-state index in [-0.39, 0.29) is 0 Å². The Kier molecular flexibility index (Phi) is 5.93. The van der Waals surface area contributed by atoms with E-state index >= 15 is 0 Å². The fourth-order valence-electron chi connectivity index (χ4n) is 2.94. The molecule has 0 heterocycles. The van der Waals surface area contributed by atoms with E-state index in [1.807, 2.05) is 0 Å². The fourth-order valence-corrected chi connectivity index (χ4v) is 3.80. The van der Waals surface area contributed by atoms with Crippen LogP contribution < -0.4 is 0 Å². The van der Waals surface area contributed by atoms with Crippen LogP contribution in [0, 0.1) is 13.8 Å². The lowest BCUT2D eigenvalue weighted by Gasteiger charge is -2.03. The second-order valence-electron chi connectivity index (χ2n) is 6.23. The summed E-state index contributed by atoms with van der Waals surface area (Å²) in [5, 5.41) is 6.19. The third-order valence-corrected chi connectivity index (χ3v) is 5.64. The van der Waals surface area contributed by atoms with E-state index in [1.54, 1.807) is 0 Å². The molecule has 0 spiro atoms. The molecule has 4 aromatic carbocycles. The van der Waals surface area contributed by atoms with Crippen molar-refractivity contribution in [2.45, 2.75) is 19.2 Å². The van der Waals surface area contributed by atoms with Crippen molar-refractivity contribution in [2.75, 3.05) is 0 Å². The van der Waals surface area contributed by atoms with Crippen LogP contribution in [-0.2, 0) is 5.33 Å². The Hall–Kier alpha value is -1.64. The lowest BCUT2D eigenvalue weighted by molar-refractivity contribution is 1.45. The molecule has 0 aliphatic carbocycles. The van der Waals surface area contributed by atoms with Crippen LogP contribution in [0.25, 0.3) is 21.5 Å². The second-order valence-corrected chi connectivity index (χ2v) is 7.64. The predicted octanol–water partition coefficient (Wildman–Crippen LogP) is 7.95. The molecule has 0 bridgehead atoms. The van der Waals surface area contributed by atoms with Crippen molar-refractivity contribution >= 4 is 53.4 Å². The summed E-state index contributed by atoms with van der Waals surface area (Å²) >= 11 is 6.98. The van der Waals surface area contributed by atoms with E-state index < -0.39 is 0 Å². The first-order chi connectivity index (χ1) is 12.1. The Morgan fingerprint density at radius 2 is 1.40 bits per heavy atom. The molecule has 0 amide bonds. The first kappa shape index (κ1) is 18.2. The molecule has 0 atom stereocenters. The summed E-state index contributed by atoms with van der Waals surface area (Å²) in [6.45, 7) is 4.26. The van der Waals surface area contributed by atoms with Gasteiger partial charge in [0.1, 0.15) is 0 Å². The molecule has 0 aliphatic rings. The van der Waals surface area contributed by atoms with Gasteiger partial charge < -0.3 is 0 Å². The van der Waals surface area contributed by atoms with E-state index in [1.165, 1.54) is 42.7 Å². The molecule has 0 unspecified atom stereocenters. The zero-order valence-corrected chi connectivity index (χ0v) is 17.6. The minimum absolute atomic E-state index is 0.927. The third-order valence-electron chi connectivity index (χ3n) is 4.30. The molecule has 0 radical (unpaired) electrons. The zero-order chi connectivity index (χ0) is 17.8. The van der Waals surface area contributed by atoms with Gasteiger partial charge in [0.25, 0.3) is 0 Å². The lowest BCUT2D eigenvalue weighted by atomic mass is 10.0. The van der Waals surface area contributed by atoms with Crippen LogP contribution in [0.15, 0.2) is 77.3 Å². The second kappa shape index (κ2) is 8.16. The van der Waals surface area contributed by atoms with Crippen LogP contribution in [-0.4, -0.2) is 0 Å². The molecule has 126 valence electrons. The number of rotatable bonds is 1. The molecule has 0 N–H and O–H groups in total. The van der Waals surface area contributed by atoms with Gasteiger partial charge in [0.2, 0.25) is 0 Å². The number of alkyl halides is 1. The van der Waals surface area contributed by atoms with Crippen LogP contribution in [0.3, 0.4) is 0 Å². The lowest BCUT2D eigenvalue weighted by Crippen LogP contribution is -1.81. The molecule has 0 aliphatic heterocycles. The van der Waals surface area contributed by atoms with Gasteiger partial charge in [-0.3, -0.25) is 0 Å². The SMILES string of the molecule is Cc1ccc2c(Br)cccc2c1.Cc1cccc2cc(CBr)ccc12. The number of benzene rings is 4. The molecule has 0 nitrogen and oxygen atoms in total. The number of hydrogen-bond donors (Lipinski definition) is 0. The van der Waals surface area contributed by atoms with Crippen molar-refractivity contribution in [3.63, 3.8) is 0 Å². The summed E-state index contributed by atoms with van der Waals surface area (Å²) in [5.74, 6) is 0. The van der Waals surface area contributed by atoms with Crippen molar-refractivity contribution in [3.8, 4) is 0 Å². The highest BCUT2D eigenvalue weighted by atomic mass is 79.9. The van der Waals surface area contributed by atoms with Crippen molar-refractivity contribution in [2.24, 2.45) is 0 Å². The maximum Gasteiger partial charge on any atom is 0.0283 e. The Balaban J connectivity index is 0.000000146. The van der Waals surface area contributed by atoms with E-state index in [2.05, 4.69) is 119 Å². The molecule has 0 aromatic heterocycles. The largest absolute Gasteiger partial charge is 0.0876 e. The summed E-state index contributed by atoms with van der Waals surface area (Å²) < 4.78 is 1.17. The van der Waals surface area contributed by atoms with Crippen LogP contribution >= 0.6 is 31.9 Å². The highest BCUT2D eigenvalue weighted by molar-refractivity contribution is 9.10. The van der Waals surface area contributed by atoms with Gasteiger partial charge in [-0.15, -0.1) is 0 Å². The normalized spacial score (nSPS) is 10.6. The van der Waals surface area contributed by atoms with Gasteiger partial charge in [0.05, 0.1) is 0 Å². The number of halogens is 2. The summed E-state index contributed by atoms with van der Waals surface area (Å²) in [6.07, 6.45) is 0. The molecular weight excluding hydrogens is 436 g/mol. The first-order valence-corrected chi connectivity index (χ1v) is 10.2. The van der Waals surface area contributed by atoms with Gasteiger partial charge in [-0.05, 0) is 52.6 Å². The minimum Gasteiger partial charge on any atom is -0.0876 e. The quantitative estimate of drug-likeness (QED) is 0.255. The molecule has 0 saturated carbocycles. The molecule has 4 aromatic rings. The fraction of sp³-hybridized carbons (Fsp3) is 0.130. The number of aryl methyl sites for hydroxylation is 2. The van der Waals surface area contributed by atoms with E-state index in [9.17, 15) is 0 Å². The Bertz CT molecular complexity index is 1020. The maximum atomic E-state index is 3.52. The first-order valence-electron chi connectivity index (χ1n) is 8.27. The topological polar surface area (TPSA) is 0 Å². The Morgan fingerprint density at radius 3 is 2.16 bits per heavy atom. The summed E-state index contributed by atoms with van der Waals surface area (Å²) in [4.78, 5) is 0. The van der Waals surface area contributed by atoms with Gasteiger partial charge in [0.15, 0.2) is 0 Å². The standard InChI is InChI=1S/C12H11Br.C11H9Br/c1-9-3-2-4-11-7-10(8-13)5-6-12(9)11;1-8-5-6-10-9(7-8)3-2-4-11(10)12/h2-7H,8H2,1H3;2-7H,1H3. The van der Waals surface area contributed by atoms with Gasteiger partial charge in [-0.1, -0.05) is 104 Å². The molecular formula is C23H20Br2. The van der Waals surface area contributed by atoms with E-state index in [0.717, 1.165) is 5.33 Å². The van der Waals surface area contributed by atoms with E-state index in [0.29, 0.717) is 0 Å². The van der Waals surface area contributed by atoms with Crippen LogP contribution in [0.1, 0.15) is 16.7 Å². The van der Waals surface area contributed by atoms with E-state index in [4.69, 9.17) is 0 Å². The highest BCUT2D eigenvalue weighted by Crippen LogP contribution is 2.24. The monoisotopic (exact) mass is 454 g/mol. The van der Waals surface area contributed by atoms with Crippen LogP contribution in [0.5, 0.6) is 0 Å². The highest BCUT2D eigenvalue weighted by Gasteiger charge is 1.97. The molecule has 0 saturated heterocycles. The minimum atomic E-state index is 0.927. The summed E-state index contributed by atoms with van der Waals surface area (Å²) in [7, 11) is 0. The van der Waals surface area contributed by atoms with Crippen molar-refractivity contribution in [1.82, 2.24) is 0 Å². The van der Waals surface area contributed by atoms with Crippen molar-refractivity contribution in [3.05, 3.63) is 94.0 Å². The Labute approximate surface area is 166 Å². The number of fused-ring (bicyclic) bond motifs is 2. The Morgan fingerprint density at radius 1 is 0.720 bits per heavy atom. The van der Waals surface area contributed by atoms with Gasteiger partial charge in [0, 0.05) is 9.80 Å². The molecule has 0 fully saturated rings. The van der Waals surface area contributed by atoms with Crippen molar-refractivity contribution in [1.29, 1.82) is 0 Å². The average Bonchev–Trinajstić information content (AvgIpc) is 2.62. The summed E-state index contributed by atoms with van der Waals surface area (Å²) in [6, 6.07) is 25.8.